The predicted molar refractivity (Wildman–Crippen MR) is 69.5 cm³/mol. The fourth-order valence-corrected chi connectivity index (χ4v) is 2.01. The Hall–Kier alpha value is -0.770. The molecule has 0 N–H and O–H groups in total. The monoisotopic (exact) mass is 286 g/mol. The topological polar surface area (TPSA) is 25.2 Å². The fourth-order valence-electron chi connectivity index (χ4n) is 1.49. The van der Waals surface area contributed by atoms with E-state index >= 15 is 0 Å². The van der Waals surface area contributed by atoms with Crippen LogP contribution < -0.4 is 0 Å². The lowest BCUT2D eigenvalue weighted by molar-refractivity contribution is 0.0780. The molecule has 0 radical (unpaired) electrons. The molecule has 4 heteroatoms. The molecule has 1 amide bonds. The molecular formula is C12H19BrN2O. The van der Waals surface area contributed by atoms with E-state index in [-0.39, 0.29) is 5.91 Å². The number of nitrogens with zero attached hydrogens (tertiary/aromatic N) is 2. The van der Waals surface area contributed by atoms with Crippen LogP contribution in [0.3, 0.4) is 0 Å². The molecule has 90 valence electrons. The number of hydrogen-bond acceptors (Lipinski definition) is 1. The minimum absolute atomic E-state index is 0.0776. The van der Waals surface area contributed by atoms with Gasteiger partial charge in [0.25, 0.3) is 5.91 Å². The lowest BCUT2D eigenvalue weighted by Crippen LogP contribution is -2.29. The Morgan fingerprint density at radius 1 is 1.56 bits per heavy atom. The molecule has 3 nitrogen and oxygen atoms in total. The Labute approximate surface area is 106 Å². The van der Waals surface area contributed by atoms with Crippen molar-refractivity contribution in [2.75, 3.05) is 13.6 Å². The van der Waals surface area contributed by atoms with E-state index in [1.807, 2.05) is 30.9 Å². The number of hydrogen-bond donors (Lipinski definition) is 0. The van der Waals surface area contributed by atoms with Gasteiger partial charge in [-0.15, -0.1) is 0 Å². The van der Waals surface area contributed by atoms with Crippen molar-refractivity contribution in [2.45, 2.75) is 20.3 Å². The Bertz CT molecular complexity index is 371. The Kier molecular flexibility index (Phi) is 4.59. The van der Waals surface area contributed by atoms with Crippen LogP contribution >= 0.6 is 15.9 Å². The van der Waals surface area contributed by atoms with Crippen LogP contribution in [0, 0.1) is 5.92 Å². The van der Waals surface area contributed by atoms with Crippen LogP contribution in [0.1, 0.15) is 30.8 Å². The van der Waals surface area contributed by atoms with Gasteiger partial charge in [-0.1, -0.05) is 13.8 Å². The number of aromatic nitrogens is 1. The molecular weight excluding hydrogens is 268 g/mol. The second kappa shape index (κ2) is 5.53. The first-order chi connectivity index (χ1) is 7.41. The minimum atomic E-state index is 0.0776. The van der Waals surface area contributed by atoms with Gasteiger partial charge in [-0.2, -0.15) is 0 Å². The van der Waals surface area contributed by atoms with E-state index < -0.39 is 0 Å². The van der Waals surface area contributed by atoms with Gasteiger partial charge in [-0.3, -0.25) is 4.79 Å². The third kappa shape index (κ3) is 3.37. The van der Waals surface area contributed by atoms with E-state index in [1.54, 1.807) is 4.90 Å². The van der Waals surface area contributed by atoms with Gasteiger partial charge >= 0.3 is 0 Å². The molecule has 1 aromatic heterocycles. The Morgan fingerprint density at radius 2 is 2.19 bits per heavy atom. The smallest absolute Gasteiger partial charge is 0.270 e. The zero-order chi connectivity index (χ0) is 12.3. The summed E-state index contributed by atoms with van der Waals surface area (Å²) in [6.07, 6.45) is 2.93. The third-order valence-corrected chi connectivity index (χ3v) is 3.01. The minimum Gasteiger partial charge on any atom is -0.345 e. The van der Waals surface area contributed by atoms with Crippen molar-refractivity contribution in [3.63, 3.8) is 0 Å². The lowest BCUT2D eigenvalue weighted by Gasteiger charge is -2.18. The summed E-state index contributed by atoms with van der Waals surface area (Å²) in [7, 11) is 3.74. The number of rotatable bonds is 4. The zero-order valence-electron chi connectivity index (χ0n) is 10.3. The quantitative estimate of drug-likeness (QED) is 0.836. The summed E-state index contributed by atoms with van der Waals surface area (Å²) in [6, 6.07) is 1.86. The largest absolute Gasteiger partial charge is 0.345 e. The van der Waals surface area contributed by atoms with Crippen LogP contribution in [-0.2, 0) is 7.05 Å². The van der Waals surface area contributed by atoms with Crippen LogP contribution in [0.4, 0.5) is 0 Å². The molecule has 0 aliphatic heterocycles. The highest BCUT2D eigenvalue weighted by Crippen LogP contribution is 2.15. The first-order valence-electron chi connectivity index (χ1n) is 5.49. The van der Waals surface area contributed by atoms with Crippen LogP contribution in [0.15, 0.2) is 16.7 Å². The normalized spacial score (nSPS) is 10.9. The first-order valence-corrected chi connectivity index (χ1v) is 6.28. The number of carbonyl (C=O) groups is 1. The lowest BCUT2D eigenvalue weighted by atomic mass is 10.1. The molecule has 1 rings (SSSR count). The third-order valence-electron chi connectivity index (χ3n) is 2.58. The van der Waals surface area contributed by atoms with Crippen molar-refractivity contribution < 1.29 is 4.79 Å². The zero-order valence-corrected chi connectivity index (χ0v) is 11.9. The highest BCUT2D eigenvalue weighted by atomic mass is 79.9. The van der Waals surface area contributed by atoms with Crippen molar-refractivity contribution in [2.24, 2.45) is 13.0 Å². The van der Waals surface area contributed by atoms with Crippen LogP contribution in [0.5, 0.6) is 0 Å². The molecule has 0 bridgehead atoms. The Balaban J connectivity index is 2.67. The summed E-state index contributed by atoms with van der Waals surface area (Å²) in [5.41, 5.74) is 0.720. The summed E-state index contributed by atoms with van der Waals surface area (Å²) in [5, 5.41) is 0. The molecule has 0 aromatic carbocycles. The van der Waals surface area contributed by atoms with Crippen LogP contribution in [0.2, 0.25) is 0 Å². The van der Waals surface area contributed by atoms with E-state index in [2.05, 4.69) is 29.8 Å². The van der Waals surface area contributed by atoms with Gasteiger partial charge in [0.05, 0.1) is 0 Å². The molecule has 16 heavy (non-hydrogen) atoms. The summed E-state index contributed by atoms with van der Waals surface area (Å²) in [5.74, 6) is 0.698. The molecule has 0 spiro atoms. The molecule has 1 heterocycles. The molecule has 0 unspecified atom stereocenters. The van der Waals surface area contributed by atoms with Gasteiger partial charge in [-0.25, -0.2) is 0 Å². The molecule has 0 fully saturated rings. The fraction of sp³-hybridized carbons (Fsp3) is 0.583. The number of halogens is 1. The van der Waals surface area contributed by atoms with Crippen molar-refractivity contribution >= 4 is 21.8 Å². The summed E-state index contributed by atoms with van der Waals surface area (Å²) >= 11 is 3.37. The molecule has 0 saturated carbocycles. The average molecular weight is 287 g/mol. The molecule has 0 aliphatic carbocycles. The molecule has 0 atom stereocenters. The van der Waals surface area contributed by atoms with Gasteiger partial charge in [0.2, 0.25) is 0 Å². The highest BCUT2D eigenvalue weighted by Gasteiger charge is 2.15. The second-order valence-corrected chi connectivity index (χ2v) is 5.48. The predicted octanol–water partition coefficient (Wildman–Crippen LogP) is 2.91. The summed E-state index contributed by atoms with van der Waals surface area (Å²) in [6.45, 7) is 5.13. The van der Waals surface area contributed by atoms with Crippen molar-refractivity contribution in [3.05, 3.63) is 22.4 Å². The second-order valence-electron chi connectivity index (χ2n) is 4.56. The maximum Gasteiger partial charge on any atom is 0.270 e. The maximum atomic E-state index is 12.1. The van der Waals surface area contributed by atoms with E-state index in [4.69, 9.17) is 0 Å². The summed E-state index contributed by atoms with van der Waals surface area (Å²) < 4.78 is 2.79. The van der Waals surface area contributed by atoms with Gasteiger partial charge in [-0.05, 0) is 34.3 Å². The van der Waals surface area contributed by atoms with Gasteiger partial charge in [0.15, 0.2) is 0 Å². The summed E-state index contributed by atoms with van der Waals surface area (Å²) in [4.78, 5) is 13.9. The van der Waals surface area contributed by atoms with E-state index in [9.17, 15) is 4.79 Å². The van der Waals surface area contributed by atoms with Crippen molar-refractivity contribution in [1.29, 1.82) is 0 Å². The van der Waals surface area contributed by atoms with Crippen molar-refractivity contribution in [3.8, 4) is 0 Å². The number of aryl methyl sites for hydroxylation is 1. The maximum absolute atomic E-state index is 12.1. The first kappa shape index (κ1) is 13.3. The van der Waals surface area contributed by atoms with E-state index in [0.717, 1.165) is 23.1 Å². The standard InChI is InChI=1S/C12H19BrN2O/c1-9(2)5-6-14(3)12(16)11-7-10(13)8-15(11)4/h7-9H,5-6H2,1-4H3. The molecule has 1 aromatic rings. The molecule has 0 saturated heterocycles. The van der Waals surface area contributed by atoms with Gasteiger partial charge in [0.1, 0.15) is 5.69 Å². The average Bonchev–Trinajstić information content (AvgIpc) is 2.53. The Morgan fingerprint density at radius 3 is 2.62 bits per heavy atom. The number of amides is 1. The highest BCUT2D eigenvalue weighted by molar-refractivity contribution is 9.10. The van der Waals surface area contributed by atoms with Crippen LogP contribution in [0.25, 0.3) is 0 Å². The van der Waals surface area contributed by atoms with E-state index in [0.29, 0.717) is 5.92 Å². The van der Waals surface area contributed by atoms with Crippen molar-refractivity contribution in [1.82, 2.24) is 9.47 Å². The van der Waals surface area contributed by atoms with E-state index in [1.165, 1.54) is 0 Å². The molecule has 0 aliphatic rings. The number of carbonyl (C=O) groups excluding carboxylic acids is 1. The van der Waals surface area contributed by atoms with Gasteiger partial charge < -0.3 is 9.47 Å². The van der Waals surface area contributed by atoms with Crippen LogP contribution in [-0.4, -0.2) is 29.0 Å². The van der Waals surface area contributed by atoms with Gasteiger partial charge in [0, 0.05) is 31.3 Å². The SMILES string of the molecule is CC(C)CCN(C)C(=O)c1cc(Br)cn1C.